The number of benzene rings is 5. The summed E-state index contributed by atoms with van der Waals surface area (Å²) >= 11 is 1.89. The van der Waals surface area contributed by atoms with Crippen molar-refractivity contribution in [3.8, 4) is 17.2 Å². The summed E-state index contributed by atoms with van der Waals surface area (Å²) in [7, 11) is 0. The summed E-state index contributed by atoms with van der Waals surface area (Å²) in [5.74, 6) is 1.93. The molecule has 2 nitrogen and oxygen atoms in total. The van der Waals surface area contributed by atoms with Crippen LogP contribution in [0.2, 0.25) is 0 Å². The highest BCUT2D eigenvalue weighted by Crippen LogP contribution is 2.42. The molecular weight excluding hydrogens is 433 g/mol. The van der Waals surface area contributed by atoms with Crippen LogP contribution in [-0.4, -0.2) is 11.3 Å². The largest absolute Gasteiger partial charge is 0.458 e. The third-order valence-corrected chi connectivity index (χ3v) is 8.78. The minimum atomic E-state index is 0.179. The monoisotopic (exact) mass is 449 g/mol. The van der Waals surface area contributed by atoms with E-state index in [2.05, 4.69) is 102 Å². The Kier molecular flexibility index (Phi) is 3.03. The molecule has 2 aromatic heterocycles. The number of para-hydroxylation sites is 2. The van der Waals surface area contributed by atoms with Gasteiger partial charge in [0, 0.05) is 42.1 Å². The summed E-state index contributed by atoms with van der Waals surface area (Å²) in [5, 5.41) is 5.32. The van der Waals surface area contributed by atoms with Gasteiger partial charge >= 0.3 is 0 Å². The molecule has 156 valence electrons. The van der Waals surface area contributed by atoms with Gasteiger partial charge in [0.15, 0.2) is 0 Å². The van der Waals surface area contributed by atoms with Gasteiger partial charge < -0.3 is 9.30 Å². The quantitative estimate of drug-likeness (QED) is 0.256. The topological polar surface area (TPSA) is 14.2 Å². The molecule has 0 aliphatic carbocycles. The van der Waals surface area contributed by atoms with Crippen molar-refractivity contribution < 1.29 is 4.74 Å². The van der Waals surface area contributed by atoms with Crippen molar-refractivity contribution in [1.29, 1.82) is 0 Å². The average molecular weight is 449 g/mol. The second-order valence-electron chi connectivity index (χ2n) is 9.30. The van der Waals surface area contributed by atoms with Gasteiger partial charge in [-0.1, -0.05) is 60.7 Å². The van der Waals surface area contributed by atoms with E-state index < -0.39 is 0 Å². The fourth-order valence-corrected chi connectivity index (χ4v) is 7.44. The van der Waals surface area contributed by atoms with Crippen molar-refractivity contribution in [2.75, 3.05) is 0 Å². The van der Waals surface area contributed by atoms with E-state index in [0.29, 0.717) is 0 Å². The molecule has 0 amide bonds. The molecule has 0 N–H and O–H groups in total. The zero-order valence-electron chi connectivity index (χ0n) is 18.1. The van der Waals surface area contributed by atoms with E-state index in [0.717, 1.165) is 11.5 Å². The van der Waals surface area contributed by atoms with Crippen LogP contribution in [-0.2, 0) is 0 Å². The second kappa shape index (κ2) is 5.91. The molecule has 0 atom stereocenters. The SMILES string of the molecule is c1ccc2c(c1)Oc1cccc3c1B2c1cccc2c4cc5sc6ccccc6c5cc4n-3c12. The lowest BCUT2D eigenvalue weighted by molar-refractivity contribution is 0.487. The van der Waals surface area contributed by atoms with Crippen LogP contribution < -0.4 is 21.1 Å². The molecule has 0 spiro atoms. The molecule has 0 fully saturated rings. The lowest BCUT2D eigenvalue weighted by Crippen LogP contribution is -2.58. The highest BCUT2D eigenvalue weighted by Gasteiger charge is 2.39. The number of rotatable bonds is 0. The molecule has 9 rings (SSSR count). The molecule has 2 aliphatic rings. The third kappa shape index (κ3) is 1.96. The van der Waals surface area contributed by atoms with Crippen LogP contribution in [0.1, 0.15) is 0 Å². The van der Waals surface area contributed by atoms with Crippen LogP contribution in [0, 0.1) is 0 Å². The molecule has 4 heteroatoms. The maximum Gasteiger partial charge on any atom is 0.256 e. The first-order valence-electron chi connectivity index (χ1n) is 11.7. The maximum absolute atomic E-state index is 6.43. The summed E-state index contributed by atoms with van der Waals surface area (Å²) < 4.78 is 11.6. The van der Waals surface area contributed by atoms with E-state index in [1.54, 1.807) is 0 Å². The van der Waals surface area contributed by atoms with E-state index in [1.807, 2.05) is 11.3 Å². The number of hydrogen-bond acceptors (Lipinski definition) is 2. The van der Waals surface area contributed by atoms with E-state index in [1.165, 1.54) is 64.1 Å². The molecule has 5 aromatic carbocycles. The summed E-state index contributed by atoms with van der Waals surface area (Å²) in [6.07, 6.45) is 0. The zero-order valence-corrected chi connectivity index (χ0v) is 18.9. The molecule has 0 saturated carbocycles. The van der Waals surface area contributed by atoms with Crippen molar-refractivity contribution in [1.82, 2.24) is 4.57 Å². The predicted molar refractivity (Wildman–Crippen MR) is 145 cm³/mol. The van der Waals surface area contributed by atoms with E-state index in [4.69, 9.17) is 4.74 Å². The molecule has 4 heterocycles. The van der Waals surface area contributed by atoms with E-state index in [-0.39, 0.29) is 6.71 Å². The lowest BCUT2D eigenvalue weighted by atomic mass is 9.34. The van der Waals surface area contributed by atoms with Crippen molar-refractivity contribution in [3.63, 3.8) is 0 Å². The van der Waals surface area contributed by atoms with Crippen LogP contribution >= 0.6 is 11.3 Å². The Hall–Kier alpha value is -4.02. The van der Waals surface area contributed by atoms with Crippen molar-refractivity contribution in [2.24, 2.45) is 0 Å². The maximum atomic E-state index is 6.43. The second-order valence-corrected chi connectivity index (χ2v) is 10.4. The van der Waals surface area contributed by atoms with E-state index >= 15 is 0 Å². The molecule has 0 saturated heterocycles. The number of ether oxygens (including phenoxy) is 1. The van der Waals surface area contributed by atoms with Crippen LogP contribution in [0.25, 0.3) is 47.7 Å². The molecule has 0 unspecified atom stereocenters. The van der Waals surface area contributed by atoms with Gasteiger partial charge in [0.2, 0.25) is 0 Å². The standard InChI is InChI=1S/C30H16BNOS/c1-4-14-27-17(7-1)20-15-24-19(16-28(20)34-27)18-8-5-10-22-30(18)32(24)23-11-6-13-26-29(23)31(22)21-9-2-3-12-25(21)33-26/h1-16H. The molecule has 0 bridgehead atoms. The average Bonchev–Trinajstić information content (AvgIpc) is 3.41. The molecule has 0 radical (unpaired) electrons. The van der Waals surface area contributed by atoms with E-state index in [9.17, 15) is 0 Å². The number of hydrogen-bond donors (Lipinski definition) is 0. The Balaban J connectivity index is 1.51. The summed E-state index contributed by atoms with van der Waals surface area (Å²) in [4.78, 5) is 0. The van der Waals surface area contributed by atoms with Gasteiger partial charge in [-0.05, 0) is 52.8 Å². The molecule has 7 aromatic rings. The van der Waals surface area contributed by atoms with Crippen LogP contribution in [0.15, 0.2) is 97.1 Å². The summed E-state index contributed by atoms with van der Waals surface area (Å²) in [5.41, 5.74) is 7.70. The minimum absolute atomic E-state index is 0.179. The highest BCUT2D eigenvalue weighted by molar-refractivity contribution is 7.25. The molecular formula is C30H16BNOS. The van der Waals surface area contributed by atoms with Gasteiger partial charge in [-0.2, -0.15) is 0 Å². The fraction of sp³-hybridized carbons (Fsp3) is 0. The number of thiophene rings is 1. The van der Waals surface area contributed by atoms with Crippen LogP contribution in [0.3, 0.4) is 0 Å². The normalized spacial score (nSPS) is 13.5. The van der Waals surface area contributed by atoms with Gasteiger partial charge in [-0.15, -0.1) is 11.3 Å². The smallest absolute Gasteiger partial charge is 0.256 e. The minimum Gasteiger partial charge on any atom is -0.458 e. The van der Waals surface area contributed by atoms with Crippen LogP contribution in [0.4, 0.5) is 0 Å². The number of aromatic nitrogens is 1. The summed E-state index contributed by atoms with van der Waals surface area (Å²) in [6, 6.07) is 35.4. The Morgan fingerprint density at radius 3 is 2.41 bits per heavy atom. The lowest BCUT2D eigenvalue weighted by Gasteiger charge is -2.33. The Morgan fingerprint density at radius 2 is 1.41 bits per heavy atom. The number of nitrogens with zero attached hydrogens (tertiary/aromatic N) is 1. The fourth-order valence-electron chi connectivity index (χ4n) is 6.31. The van der Waals surface area contributed by atoms with Crippen molar-refractivity contribution in [2.45, 2.75) is 0 Å². The van der Waals surface area contributed by atoms with Gasteiger partial charge in [-0.3, -0.25) is 0 Å². The Morgan fingerprint density at radius 1 is 0.618 bits per heavy atom. The number of fused-ring (bicyclic) bond motifs is 10. The Labute approximate surface area is 199 Å². The zero-order chi connectivity index (χ0) is 22.0. The third-order valence-electron chi connectivity index (χ3n) is 7.65. The van der Waals surface area contributed by atoms with Crippen LogP contribution in [0.5, 0.6) is 11.5 Å². The Bertz CT molecular complexity index is 2010. The van der Waals surface area contributed by atoms with Gasteiger partial charge in [0.25, 0.3) is 6.71 Å². The predicted octanol–water partition coefficient (Wildman–Crippen LogP) is 6.09. The highest BCUT2D eigenvalue weighted by atomic mass is 32.1. The van der Waals surface area contributed by atoms with Gasteiger partial charge in [0.05, 0.1) is 5.52 Å². The first-order chi connectivity index (χ1) is 16.9. The molecule has 34 heavy (non-hydrogen) atoms. The van der Waals surface area contributed by atoms with Gasteiger partial charge in [0.1, 0.15) is 11.5 Å². The summed E-state index contributed by atoms with van der Waals surface area (Å²) in [6.45, 7) is 0.179. The van der Waals surface area contributed by atoms with Crippen molar-refractivity contribution in [3.05, 3.63) is 97.1 Å². The van der Waals surface area contributed by atoms with Gasteiger partial charge in [-0.25, -0.2) is 0 Å². The van der Waals surface area contributed by atoms with Crippen molar-refractivity contribution >= 4 is 76.4 Å². The first-order valence-corrected chi connectivity index (χ1v) is 12.5. The molecule has 2 aliphatic heterocycles. The first kappa shape index (κ1) is 17.5.